The van der Waals surface area contributed by atoms with Crippen molar-refractivity contribution in [3.8, 4) is 0 Å². The second-order valence-corrected chi connectivity index (χ2v) is 7.57. The molecule has 0 unspecified atom stereocenters. The molecule has 2 rings (SSSR count). The van der Waals surface area contributed by atoms with E-state index in [4.69, 9.17) is 4.42 Å². The molecule has 10 heteroatoms. The van der Waals surface area contributed by atoms with Gasteiger partial charge in [-0.3, -0.25) is 4.99 Å². The van der Waals surface area contributed by atoms with Gasteiger partial charge in [0.25, 0.3) is 0 Å². The highest BCUT2D eigenvalue weighted by Gasteiger charge is 2.27. The van der Waals surface area contributed by atoms with Gasteiger partial charge in [0.15, 0.2) is 5.96 Å². The van der Waals surface area contributed by atoms with E-state index >= 15 is 0 Å². The van der Waals surface area contributed by atoms with Gasteiger partial charge in [0, 0.05) is 19.0 Å². The van der Waals surface area contributed by atoms with Crippen LogP contribution in [0.25, 0.3) is 0 Å². The Bertz CT molecular complexity index is 800. The van der Waals surface area contributed by atoms with Gasteiger partial charge in [0.05, 0.1) is 19.3 Å². The molecule has 0 radical (unpaired) electrons. The van der Waals surface area contributed by atoms with E-state index in [0.29, 0.717) is 30.5 Å². The van der Waals surface area contributed by atoms with Crippen molar-refractivity contribution < 1.29 is 22.3 Å². The summed E-state index contributed by atoms with van der Waals surface area (Å²) in [4.78, 5) is 8.42. The second kappa shape index (κ2) is 11.5. The minimum absolute atomic E-state index is 0. The molecule has 0 saturated carbocycles. The summed E-state index contributed by atoms with van der Waals surface area (Å²) in [6.45, 7) is 5.73. The van der Waals surface area contributed by atoms with E-state index in [1.807, 2.05) is 12.1 Å². The molecule has 1 heterocycles. The van der Waals surface area contributed by atoms with E-state index < -0.39 is 12.8 Å². The minimum atomic E-state index is -4.31. The fourth-order valence-electron chi connectivity index (χ4n) is 2.34. The first-order valence-electron chi connectivity index (χ1n) is 9.19. The van der Waals surface area contributed by atoms with Crippen LogP contribution in [0.4, 0.5) is 13.2 Å². The predicted molar refractivity (Wildman–Crippen MR) is 120 cm³/mol. The van der Waals surface area contributed by atoms with Crippen LogP contribution in [-0.2, 0) is 29.8 Å². The van der Waals surface area contributed by atoms with E-state index in [2.05, 4.69) is 46.1 Å². The van der Waals surface area contributed by atoms with Crippen LogP contribution >= 0.6 is 24.0 Å². The summed E-state index contributed by atoms with van der Waals surface area (Å²) in [5.74, 6) is 1.97. The first kappa shape index (κ1) is 26.2. The molecule has 0 aliphatic heterocycles. The lowest BCUT2D eigenvalue weighted by atomic mass is 9.94. The first-order chi connectivity index (χ1) is 13.6. The van der Waals surface area contributed by atoms with Crippen LogP contribution < -0.4 is 10.6 Å². The second-order valence-electron chi connectivity index (χ2n) is 7.57. The number of nitrogens with one attached hydrogen (secondary N) is 2. The minimum Gasteiger partial charge on any atom is -0.443 e. The van der Waals surface area contributed by atoms with Crippen molar-refractivity contribution in [2.24, 2.45) is 4.99 Å². The zero-order valence-corrected chi connectivity index (χ0v) is 19.8. The Hall–Kier alpha value is -1.82. The molecule has 6 nitrogen and oxygen atoms in total. The van der Waals surface area contributed by atoms with Crippen LogP contribution in [0, 0.1) is 0 Å². The third-order valence-electron chi connectivity index (χ3n) is 3.94. The molecule has 30 heavy (non-hydrogen) atoms. The maximum atomic E-state index is 12.1. The van der Waals surface area contributed by atoms with Crippen LogP contribution in [0.2, 0.25) is 0 Å². The van der Waals surface area contributed by atoms with Gasteiger partial charge in [0.2, 0.25) is 5.89 Å². The normalized spacial score (nSPS) is 12.4. The highest BCUT2D eigenvalue weighted by Crippen LogP contribution is 2.22. The molecule has 0 aliphatic rings. The van der Waals surface area contributed by atoms with Crippen molar-refractivity contribution in [2.75, 3.05) is 13.7 Å². The molecule has 0 atom stereocenters. The zero-order chi connectivity index (χ0) is 21.5. The molecule has 2 aromatic rings. The standard InChI is InChI=1S/C20H27F3N4O2.HI/c1-19(2,3)16-10-25-17(29-16)11-27-18(24-4)26-9-14-5-7-15(8-6-14)12-28-13-20(21,22)23;/h5-8,10H,9,11-13H2,1-4H3,(H2,24,26,27);1H. The number of rotatable bonds is 7. The van der Waals surface area contributed by atoms with Crippen molar-refractivity contribution in [1.82, 2.24) is 15.6 Å². The highest BCUT2D eigenvalue weighted by molar-refractivity contribution is 14.0. The molecule has 0 amide bonds. The Morgan fingerprint density at radius 3 is 2.20 bits per heavy atom. The summed E-state index contributed by atoms with van der Waals surface area (Å²) < 4.78 is 46.7. The number of halogens is 4. The number of benzene rings is 1. The number of guanidine groups is 1. The molecule has 0 saturated heterocycles. The smallest absolute Gasteiger partial charge is 0.411 e. The molecule has 0 aliphatic carbocycles. The Labute approximate surface area is 191 Å². The van der Waals surface area contributed by atoms with Gasteiger partial charge in [-0.1, -0.05) is 45.0 Å². The highest BCUT2D eigenvalue weighted by atomic mass is 127. The molecule has 168 valence electrons. The summed E-state index contributed by atoms with van der Waals surface area (Å²) in [6.07, 6.45) is -2.58. The molecular formula is C20H28F3IN4O2. The van der Waals surface area contributed by atoms with Gasteiger partial charge in [-0.05, 0) is 11.1 Å². The number of hydrogen-bond donors (Lipinski definition) is 2. The summed E-state index contributed by atoms with van der Waals surface area (Å²) in [7, 11) is 1.66. The lowest BCUT2D eigenvalue weighted by Crippen LogP contribution is -2.36. The number of nitrogens with zero attached hydrogens (tertiary/aromatic N) is 2. The molecule has 2 N–H and O–H groups in total. The van der Waals surface area contributed by atoms with Gasteiger partial charge < -0.3 is 19.8 Å². The molecule has 0 bridgehead atoms. The number of aliphatic imine (C=N–C) groups is 1. The fraction of sp³-hybridized carbons (Fsp3) is 0.500. The van der Waals surface area contributed by atoms with Gasteiger partial charge >= 0.3 is 6.18 Å². The third-order valence-corrected chi connectivity index (χ3v) is 3.94. The lowest BCUT2D eigenvalue weighted by Gasteiger charge is -2.13. The van der Waals surface area contributed by atoms with E-state index in [0.717, 1.165) is 11.3 Å². The van der Waals surface area contributed by atoms with E-state index in [9.17, 15) is 13.2 Å². The van der Waals surface area contributed by atoms with Crippen molar-refractivity contribution in [3.05, 3.63) is 53.2 Å². The fourth-order valence-corrected chi connectivity index (χ4v) is 2.34. The summed E-state index contributed by atoms with van der Waals surface area (Å²) in [5, 5.41) is 6.30. The van der Waals surface area contributed by atoms with E-state index in [-0.39, 0.29) is 36.0 Å². The van der Waals surface area contributed by atoms with Crippen molar-refractivity contribution >= 4 is 29.9 Å². The Morgan fingerprint density at radius 1 is 1.07 bits per heavy atom. The molecule has 1 aromatic carbocycles. The van der Waals surface area contributed by atoms with Crippen LogP contribution in [0.15, 0.2) is 39.9 Å². The quantitative estimate of drug-likeness (QED) is 0.307. The van der Waals surface area contributed by atoms with E-state index in [1.54, 1.807) is 25.4 Å². The number of alkyl halides is 3. The number of aromatic nitrogens is 1. The molecule has 1 aromatic heterocycles. The molecular weight excluding hydrogens is 512 g/mol. The van der Waals surface area contributed by atoms with Gasteiger partial charge in [-0.2, -0.15) is 13.2 Å². The van der Waals surface area contributed by atoms with Crippen molar-refractivity contribution in [3.63, 3.8) is 0 Å². The SMILES string of the molecule is CN=C(NCc1ccc(COCC(F)(F)F)cc1)NCc1ncc(C(C)(C)C)o1.I. The summed E-state index contributed by atoms with van der Waals surface area (Å²) in [6, 6.07) is 7.14. The Balaban J connectivity index is 0.00000450. The van der Waals surface area contributed by atoms with E-state index in [1.165, 1.54) is 0 Å². The monoisotopic (exact) mass is 540 g/mol. The van der Waals surface area contributed by atoms with Gasteiger partial charge in [-0.15, -0.1) is 24.0 Å². The number of hydrogen-bond acceptors (Lipinski definition) is 4. The number of ether oxygens (including phenoxy) is 1. The van der Waals surface area contributed by atoms with Crippen LogP contribution in [0.5, 0.6) is 0 Å². The topological polar surface area (TPSA) is 71.7 Å². The van der Waals surface area contributed by atoms with Gasteiger partial charge in [-0.25, -0.2) is 4.98 Å². The third kappa shape index (κ3) is 9.33. The van der Waals surface area contributed by atoms with Crippen molar-refractivity contribution in [2.45, 2.75) is 52.1 Å². The van der Waals surface area contributed by atoms with Crippen LogP contribution in [0.1, 0.15) is 43.5 Å². The molecule has 0 fully saturated rings. The number of oxazole rings is 1. The maximum absolute atomic E-state index is 12.1. The summed E-state index contributed by atoms with van der Waals surface area (Å²) >= 11 is 0. The Morgan fingerprint density at radius 2 is 1.67 bits per heavy atom. The average Bonchev–Trinajstić information content (AvgIpc) is 3.11. The van der Waals surface area contributed by atoms with Crippen molar-refractivity contribution in [1.29, 1.82) is 0 Å². The predicted octanol–water partition coefficient (Wildman–Crippen LogP) is 4.53. The first-order valence-corrected chi connectivity index (χ1v) is 9.19. The zero-order valence-electron chi connectivity index (χ0n) is 17.5. The van der Waals surface area contributed by atoms with Crippen LogP contribution in [0.3, 0.4) is 0 Å². The molecule has 0 spiro atoms. The maximum Gasteiger partial charge on any atom is 0.411 e. The van der Waals surface area contributed by atoms with Gasteiger partial charge in [0.1, 0.15) is 12.4 Å². The lowest BCUT2D eigenvalue weighted by molar-refractivity contribution is -0.176. The average molecular weight is 540 g/mol. The summed E-state index contributed by atoms with van der Waals surface area (Å²) in [5.41, 5.74) is 1.53. The Kier molecular flexibility index (Phi) is 10.1. The van der Waals surface area contributed by atoms with Crippen LogP contribution in [-0.4, -0.2) is 30.8 Å². The largest absolute Gasteiger partial charge is 0.443 e.